The smallest absolute Gasteiger partial charge is 0.251 e. The van der Waals surface area contributed by atoms with Crippen LogP contribution in [0.5, 0.6) is 0 Å². The number of aromatic nitrogens is 1. The average Bonchev–Trinajstić information content (AvgIpc) is 3.05. The molecule has 1 amide bonds. The molecule has 1 aliphatic heterocycles. The van der Waals surface area contributed by atoms with Crippen LogP contribution in [0.25, 0.3) is 10.9 Å². The van der Waals surface area contributed by atoms with Crippen molar-refractivity contribution in [2.75, 3.05) is 44.2 Å². The summed E-state index contributed by atoms with van der Waals surface area (Å²) in [5, 5.41) is 4.16. The van der Waals surface area contributed by atoms with Gasteiger partial charge in [0.15, 0.2) is 0 Å². The summed E-state index contributed by atoms with van der Waals surface area (Å²) in [5.74, 6) is -0.214. The molecule has 0 saturated carbocycles. The van der Waals surface area contributed by atoms with E-state index in [1.54, 1.807) is 0 Å². The van der Waals surface area contributed by atoms with E-state index in [0.717, 1.165) is 61.4 Å². The number of anilines is 1. The van der Waals surface area contributed by atoms with E-state index in [-0.39, 0.29) is 11.7 Å². The molecule has 0 spiro atoms. The number of aryl methyl sites for hydroxylation is 2. The number of piperazine rings is 1. The normalized spacial score (nSPS) is 15.0. The first-order valence-electron chi connectivity index (χ1n) is 10.6. The SMILES string of the molecule is Cc1[nH]c2ccc(C(=O)NCCCN3CCN(c4ccc(F)cc4)CC3)cc2c1C. The number of nitrogens with zero attached hydrogens (tertiary/aromatic N) is 2. The Labute approximate surface area is 176 Å². The first kappa shape index (κ1) is 20.4. The van der Waals surface area contributed by atoms with Crippen LogP contribution in [0.2, 0.25) is 0 Å². The predicted molar refractivity (Wildman–Crippen MR) is 120 cm³/mol. The van der Waals surface area contributed by atoms with E-state index in [2.05, 4.69) is 33.9 Å². The number of H-pyrrole nitrogens is 1. The van der Waals surface area contributed by atoms with Gasteiger partial charge >= 0.3 is 0 Å². The van der Waals surface area contributed by atoms with E-state index in [4.69, 9.17) is 0 Å². The Hall–Kier alpha value is -2.86. The third-order valence-electron chi connectivity index (χ3n) is 6.07. The van der Waals surface area contributed by atoms with Crippen molar-refractivity contribution < 1.29 is 9.18 Å². The summed E-state index contributed by atoms with van der Waals surface area (Å²) in [6, 6.07) is 12.5. The van der Waals surface area contributed by atoms with Crippen LogP contribution in [-0.2, 0) is 0 Å². The van der Waals surface area contributed by atoms with Crippen molar-refractivity contribution >= 4 is 22.5 Å². The Bertz CT molecular complexity index is 1020. The minimum atomic E-state index is -0.197. The highest BCUT2D eigenvalue weighted by Gasteiger charge is 2.17. The standard InChI is InChI=1S/C24H29FN4O/c1-17-18(2)27-23-9-4-19(16-22(17)23)24(30)26-10-3-11-28-12-14-29(15-13-28)21-7-5-20(25)6-8-21/h4-9,16,27H,3,10-15H2,1-2H3,(H,26,30). The molecule has 1 aromatic heterocycles. The number of hydrogen-bond donors (Lipinski definition) is 2. The van der Waals surface area contributed by atoms with Crippen molar-refractivity contribution in [1.29, 1.82) is 0 Å². The second kappa shape index (κ2) is 8.88. The molecule has 0 radical (unpaired) electrons. The lowest BCUT2D eigenvalue weighted by atomic mass is 10.1. The van der Waals surface area contributed by atoms with Crippen molar-refractivity contribution in [2.45, 2.75) is 20.3 Å². The van der Waals surface area contributed by atoms with Crippen molar-refractivity contribution in [3.63, 3.8) is 0 Å². The van der Waals surface area contributed by atoms with Gasteiger partial charge in [0.25, 0.3) is 5.91 Å². The van der Waals surface area contributed by atoms with Gasteiger partial charge in [0.1, 0.15) is 5.82 Å². The van der Waals surface area contributed by atoms with Gasteiger partial charge in [0, 0.05) is 60.6 Å². The fourth-order valence-corrected chi connectivity index (χ4v) is 4.09. The lowest BCUT2D eigenvalue weighted by molar-refractivity contribution is 0.0951. The van der Waals surface area contributed by atoms with E-state index in [1.807, 2.05) is 30.3 Å². The van der Waals surface area contributed by atoms with Gasteiger partial charge < -0.3 is 15.2 Å². The van der Waals surface area contributed by atoms with E-state index in [1.165, 1.54) is 17.7 Å². The summed E-state index contributed by atoms with van der Waals surface area (Å²) in [6.45, 7) is 9.59. The quantitative estimate of drug-likeness (QED) is 0.609. The molecule has 6 heteroatoms. The van der Waals surface area contributed by atoms with Crippen LogP contribution in [0.15, 0.2) is 42.5 Å². The minimum absolute atomic E-state index is 0.0173. The topological polar surface area (TPSA) is 51.4 Å². The summed E-state index contributed by atoms with van der Waals surface area (Å²) in [6.07, 6.45) is 0.923. The number of hydrogen-bond acceptors (Lipinski definition) is 3. The summed E-state index contributed by atoms with van der Waals surface area (Å²) in [4.78, 5) is 20.6. The molecule has 0 bridgehead atoms. The third-order valence-corrected chi connectivity index (χ3v) is 6.07. The van der Waals surface area contributed by atoms with Gasteiger partial charge in [0.2, 0.25) is 0 Å². The maximum atomic E-state index is 13.1. The summed E-state index contributed by atoms with van der Waals surface area (Å²) in [7, 11) is 0. The first-order chi connectivity index (χ1) is 14.5. The number of benzene rings is 2. The molecular formula is C24H29FN4O. The number of rotatable bonds is 6. The average molecular weight is 409 g/mol. The van der Waals surface area contributed by atoms with Crippen molar-refractivity contribution in [2.24, 2.45) is 0 Å². The molecule has 158 valence electrons. The number of amides is 1. The molecular weight excluding hydrogens is 379 g/mol. The fourth-order valence-electron chi connectivity index (χ4n) is 4.09. The molecule has 5 nitrogen and oxygen atoms in total. The molecule has 2 N–H and O–H groups in total. The Kier molecular flexibility index (Phi) is 6.04. The Morgan fingerprint density at radius 2 is 1.80 bits per heavy atom. The zero-order valence-corrected chi connectivity index (χ0v) is 17.7. The number of fused-ring (bicyclic) bond motifs is 1. The lowest BCUT2D eigenvalue weighted by Gasteiger charge is -2.36. The van der Waals surface area contributed by atoms with Gasteiger partial charge in [-0.2, -0.15) is 0 Å². The van der Waals surface area contributed by atoms with Crippen LogP contribution in [0.1, 0.15) is 28.0 Å². The highest BCUT2D eigenvalue weighted by atomic mass is 19.1. The van der Waals surface area contributed by atoms with Crippen LogP contribution >= 0.6 is 0 Å². The maximum absolute atomic E-state index is 13.1. The van der Waals surface area contributed by atoms with Gasteiger partial charge in [-0.05, 0) is 74.8 Å². The molecule has 2 heterocycles. The van der Waals surface area contributed by atoms with Gasteiger partial charge in [-0.3, -0.25) is 9.69 Å². The number of aromatic amines is 1. The van der Waals surface area contributed by atoms with Gasteiger partial charge in [-0.1, -0.05) is 0 Å². The highest BCUT2D eigenvalue weighted by molar-refractivity contribution is 5.99. The molecule has 3 aromatic rings. The van der Waals surface area contributed by atoms with E-state index < -0.39 is 0 Å². The molecule has 0 unspecified atom stereocenters. The highest BCUT2D eigenvalue weighted by Crippen LogP contribution is 2.22. The minimum Gasteiger partial charge on any atom is -0.369 e. The third kappa shape index (κ3) is 4.49. The van der Waals surface area contributed by atoms with E-state index in [0.29, 0.717) is 12.1 Å². The van der Waals surface area contributed by atoms with Gasteiger partial charge in [-0.25, -0.2) is 4.39 Å². The number of carbonyl (C=O) groups excluding carboxylic acids is 1. The zero-order chi connectivity index (χ0) is 21.1. The molecule has 2 aromatic carbocycles. The largest absolute Gasteiger partial charge is 0.369 e. The predicted octanol–water partition coefficient (Wildman–Crippen LogP) is 3.87. The zero-order valence-electron chi connectivity index (χ0n) is 17.7. The second-order valence-electron chi connectivity index (χ2n) is 8.05. The van der Waals surface area contributed by atoms with Crippen molar-refractivity contribution in [3.05, 3.63) is 65.1 Å². The monoisotopic (exact) mass is 408 g/mol. The molecule has 1 fully saturated rings. The van der Waals surface area contributed by atoms with Gasteiger partial charge in [-0.15, -0.1) is 0 Å². The van der Waals surface area contributed by atoms with Crippen LogP contribution < -0.4 is 10.2 Å². The fraction of sp³-hybridized carbons (Fsp3) is 0.375. The molecule has 0 atom stereocenters. The maximum Gasteiger partial charge on any atom is 0.251 e. The van der Waals surface area contributed by atoms with E-state index in [9.17, 15) is 9.18 Å². The first-order valence-corrected chi connectivity index (χ1v) is 10.6. The van der Waals surface area contributed by atoms with Crippen LogP contribution in [-0.4, -0.2) is 55.1 Å². The summed E-state index contributed by atoms with van der Waals surface area (Å²) >= 11 is 0. The second-order valence-corrected chi connectivity index (χ2v) is 8.05. The number of nitrogens with one attached hydrogen (secondary N) is 2. The lowest BCUT2D eigenvalue weighted by Crippen LogP contribution is -2.47. The van der Waals surface area contributed by atoms with Gasteiger partial charge in [0.05, 0.1) is 0 Å². The van der Waals surface area contributed by atoms with Crippen LogP contribution in [0.3, 0.4) is 0 Å². The molecule has 30 heavy (non-hydrogen) atoms. The van der Waals surface area contributed by atoms with Crippen molar-refractivity contribution in [3.8, 4) is 0 Å². The Morgan fingerprint density at radius 3 is 2.53 bits per heavy atom. The number of carbonyl (C=O) groups is 1. The number of halogens is 1. The van der Waals surface area contributed by atoms with Crippen molar-refractivity contribution in [1.82, 2.24) is 15.2 Å². The molecule has 4 rings (SSSR count). The summed E-state index contributed by atoms with van der Waals surface area (Å²) in [5.41, 5.74) is 5.19. The molecule has 1 saturated heterocycles. The Balaban J connectivity index is 1.20. The summed E-state index contributed by atoms with van der Waals surface area (Å²) < 4.78 is 13.1. The van der Waals surface area contributed by atoms with Crippen LogP contribution in [0, 0.1) is 19.7 Å². The van der Waals surface area contributed by atoms with E-state index >= 15 is 0 Å². The van der Waals surface area contributed by atoms with Crippen LogP contribution in [0.4, 0.5) is 10.1 Å². The molecule has 0 aliphatic carbocycles. The Morgan fingerprint density at radius 1 is 1.07 bits per heavy atom. The molecule has 1 aliphatic rings.